The number of carbonyl (C=O) groups excluding carboxylic acids is 2. The lowest BCUT2D eigenvalue weighted by molar-refractivity contribution is -0.139. The van der Waals surface area contributed by atoms with Gasteiger partial charge in [0.25, 0.3) is 0 Å². The van der Waals surface area contributed by atoms with Crippen LogP contribution in [-0.4, -0.2) is 43.1 Å². The van der Waals surface area contributed by atoms with Crippen molar-refractivity contribution in [2.24, 2.45) is 0 Å². The van der Waals surface area contributed by atoms with Gasteiger partial charge in [-0.05, 0) is 50.6 Å². The topological polar surface area (TPSA) is 70.7 Å². The molecule has 3 rings (SSSR count). The van der Waals surface area contributed by atoms with Gasteiger partial charge in [0.1, 0.15) is 0 Å². The predicted octanol–water partition coefficient (Wildman–Crippen LogP) is 2.72. The molecule has 0 spiro atoms. The number of benzene rings is 1. The molecule has 0 saturated carbocycles. The standard InChI is InChI=1S/C18H22BrN3O3/c1-2-25-17(23)15-14(11-22-8-3-4-9-22)20-18(24)21-16(15)12-6-5-7-13(19)10-12/h5-7,10,16H,2-4,8-9,11H2,1H3,(H2,20,21,24)/t16-/m1/s1. The van der Waals surface area contributed by atoms with Crippen LogP contribution in [0.25, 0.3) is 0 Å². The second-order valence-corrected chi connectivity index (χ2v) is 7.10. The number of urea groups is 1. The Hall–Kier alpha value is -1.86. The molecule has 7 heteroatoms. The maximum absolute atomic E-state index is 12.7. The van der Waals surface area contributed by atoms with Crippen LogP contribution in [-0.2, 0) is 9.53 Å². The molecule has 2 aliphatic heterocycles. The molecule has 1 aromatic rings. The van der Waals surface area contributed by atoms with Gasteiger partial charge in [-0.1, -0.05) is 28.1 Å². The number of likely N-dealkylation sites (tertiary alicyclic amines) is 1. The van der Waals surface area contributed by atoms with E-state index in [9.17, 15) is 9.59 Å². The predicted molar refractivity (Wildman–Crippen MR) is 97.9 cm³/mol. The summed E-state index contributed by atoms with van der Waals surface area (Å²) in [6.07, 6.45) is 2.28. The summed E-state index contributed by atoms with van der Waals surface area (Å²) in [6, 6.07) is 6.77. The van der Waals surface area contributed by atoms with Crippen molar-refractivity contribution >= 4 is 27.9 Å². The van der Waals surface area contributed by atoms with Crippen LogP contribution in [0.15, 0.2) is 40.0 Å². The second-order valence-electron chi connectivity index (χ2n) is 6.18. The Labute approximate surface area is 155 Å². The van der Waals surface area contributed by atoms with Crippen LogP contribution < -0.4 is 10.6 Å². The lowest BCUT2D eigenvalue weighted by Gasteiger charge is -2.31. The fraction of sp³-hybridized carbons (Fsp3) is 0.444. The van der Waals surface area contributed by atoms with Gasteiger partial charge >= 0.3 is 12.0 Å². The normalized spacial score (nSPS) is 21.0. The number of nitrogens with zero attached hydrogens (tertiary/aromatic N) is 1. The SMILES string of the molecule is CCOC(=O)C1=C(CN2CCCC2)NC(=O)N[C@@H]1c1cccc(Br)c1. The molecule has 2 amide bonds. The van der Waals surface area contributed by atoms with Crippen molar-refractivity contribution in [3.8, 4) is 0 Å². The number of rotatable bonds is 5. The molecule has 0 aliphatic carbocycles. The zero-order chi connectivity index (χ0) is 17.8. The minimum absolute atomic E-state index is 0.290. The number of hydrogen-bond acceptors (Lipinski definition) is 4. The van der Waals surface area contributed by atoms with Crippen molar-refractivity contribution in [2.75, 3.05) is 26.2 Å². The number of halogens is 1. The molecule has 0 aromatic heterocycles. The zero-order valence-corrected chi connectivity index (χ0v) is 15.8. The van der Waals surface area contributed by atoms with E-state index in [1.165, 1.54) is 0 Å². The molecule has 2 aliphatic rings. The van der Waals surface area contributed by atoms with Gasteiger partial charge in [0.2, 0.25) is 0 Å². The average molecular weight is 408 g/mol. The van der Waals surface area contributed by atoms with E-state index in [0.29, 0.717) is 24.4 Å². The number of hydrogen-bond donors (Lipinski definition) is 2. The summed E-state index contributed by atoms with van der Waals surface area (Å²) >= 11 is 3.45. The Balaban J connectivity index is 2.00. The molecule has 2 N–H and O–H groups in total. The summed E-state index contributed by atoms with van der Waals surface area (Å²) in [6.45, 7) is 4.57. The van der Waals surface area contributed by atoms with Gasteiger partial charge in [-0.25, -0.2) is 9.59 Å². The maximum atomic E-state index is 12.7. The molecule has 1 fully saturated rings. The first-order valence-electron chi connectivity index (χ1n) is 8.54. The molecule has 1 saturated heterocycles. The van der Waals surface area contributed by atoms with E-state index in [2.05, 4.69) is 31.5 Å². The largest absolute Gasteiger partial charge is 0.463 e. The smallest absolute Gasteiger partial charge is 0.338 e. The van der Waals surface area contributed by atoms with Gasteiger partial charge in [-0.2, -0.15) is 0 Å². The average Bonchev–Trinajstić information content (AvgIpc) is 3.07. The number of ether oxygens (including phenoxy) is 1. The fourth-order valence-corrected chi connectivity index (χ4v) is 3.71. The van der Waals surface area contributed by atoms with Crippen molar-refractivity contribution in [2.45, 2.75) is 25.8 Å². The molecule has 1 aromatic carbocycles. The van der Waals surface area contributed by atoms with Gasteiger partial charge in [0, 0.05) is 16.7 Å². The maximum Gasteiger partial charge on any atom is 0.338 e. The molecule has 0 bridgehead atoms. The van der Waals surface area contributed by atoms with Crippen molar-refractivity contribution in [3.05, 3.63) is 45.6 Å². The Bertz CT molecular complexity index is 699. The third kappa shape index (κ3) is 4.22. The van der Waals surface area contributed by atoms with Crippen molar-refractivity contribution < 1.29 is 14.3 Å². The molecule has 1 atom stereocenters. The highest BCUT2D eigenvalue weighted by molar-refractivity contribution is 9.10. The summed E-state index contributed by atoms with van der Waals surface area (Å²) in [7, 11) is 0. The molecule has 134 valence electrons. The highest BCUT2D eigenvalue weighted by atomic mass is 79.9. The Kier molecular flexibility index (Phi) is 5.75. The highest BCUT2D eigenvalue weighted by Gasteiger charge is 2.34. The van der Waals surface area contributed by atoms with E-state index in [0.717, 1.165) is 36.0 Å². The monoisotopic (exact) mass is 407 g/mol. The van der Waals surface area contributed by atoms with E-state index in [4.69, 9.17) is 4.74 Å². The Morgan fingerprint density at radius 3 is 2.80 bits per heavy atom. The summed E-state index contributed by atoms with van der Waals surface area (Å²) in [5, 5.41) is 5.68. The van der Waals surface area contributed by atoms with E-state index < -0.39 is 12.0 Å². The van der Waals surface area contributed by atoms with E-state index in [-0.39, 0.29) is 6.03 Å². The van der Waals surface area contributed by atoms with Gasteiger partial charge in [-0.15, -0.1) is 0 Å². The zero-order valence-electron chi connectivity index (χ0n) is 14.2. The molecule has 25 heavy (non-hydrogen) atoms. The number of amides is 2. The van der Waals surface area contributed by atoms with Crippen molar-refractivity contribution in [1.29, 1.82) is 0 Å². The quantitative estimate of drug-likeness (QED) is 0.736. The first-order chi connectivity index (χ1) is 12.1. The van der Waals surface area contributed by atoms with Crippen LogP contribution in [0.2, 0.25) is 0 Å². The Morgan fingerprint density at radius 1 is 1.36 bits per heavy atom. The van der Waals surface area contributed by atoms with Crippen molar-refractivity contribution in [1.82, 2.24) is 15.5 Å². The van der Waals surface area contributed by atoms with Crippen LogP contribution in [0.5, 0.6) is 0 Å². The minimum atomic E-state index is -0.525. The third-order valence-electron chi connectivity index (χ3n) is 4.41. The van der Waals surface area contributed by atoms with Crippen LogP contribution in [0.4, 0.5) is 4.79 Å². The first-order valence-corrected chi connectivity index (χ1v) is 9.33. The minimum Gasteiger partial charge on any atom is -0.463 e. The molecular formula is C18H22BrN3O3. The molecule has 2 heterocycles. The highest BCUT2D eigenvalue weighted by Crippen LogP contribution is 2.30. The Morgan fingerprint density at radius 2 is 2.12 bits per heavy atom. The first kappa shape index (κ1) is 17.9. The van der Waals surface area contributed by atoms with Gasteiger partial charge in [-0.3, -0.25) is 4.90 Å². The van der Waals surface area contributed by atoms with Gasteiger partial charge < -0.3 is 15.4 Å². The van der Waals surface area contributed by atoms with Crippen LogP contribution in [0.1, 0.15) is 31.4 Å². The van der Waals surface area contributed by atoms with E-state index in [1.54, 1.807) is 6.92 Å². The summed E-state index contributed by atoms with van der Waals surface area (Å²) in [5.41, 5.74) is 1.95. The third-order valence-corrected chi connectivity index (χ3v) is 4.90. The number of esters is 1. The molecular weight excluding hydrogens is 386 g/mol. The molecule has 0 unspecified atom stereocenters. The van der Waals surface area contributed by atoms with Crippen LogP contribution >= 0.6 is 15.9 Å². The molecule has 6 nitrogen and oxygen atoms in total. The van der Waals surface area contributed by atoms with Gasteiger partial charge in [0.15, 0.2) is 0 Å². The van der Waals surface area contributed by atoms with E-state index >= 15 is 0 Å². The summed E-state index contributed by atoms with van der Waals surface area (Å²) in [4.78, 5) is 27.1. The number of carbonyl (C=O) groups is 2. The van der Waals surface area contributed by atoms with Crippen molar-refractivity contribution in [3.63, 3.8) is 0 Å². The summed E-state index contributed by atoms with van der Waals surface area (Å²) < 4.78 is 6.17. The number of nitrogens with one attached hydrogen (secondary N) is 2. The second kappa shape index (κ2) is 8.01. The lowest BCUT2D eigenvalue weighted by Crippen LogP contribution is -2.48. The molecule has 0 radical (unpaired) electrons. The van der Waals surface area contributed by atoms with Crippen LogP contribution in [0.3, 0.4) is 0 Å². The van der Waals surface area contributed by atoms with Gasteiger partial charge in [0.05, 0.1) is 18.2 Å². The van der Waals surface area contributed by atoms with Crippen LogP contribution in [0, 0.1) is 0 Å². The fourth-order valence-electron chi connectivity index (χ4n) is 3.29. The lowest BCUT2D eigenvalue weighted by atomic mass is 9.95. The van der Waals surface area contributed by atoms with E-state index in [1.807, 2.05) is 24.3 Å². The summed E-state index contributed by atoms with van der Waals surface area (Å²) in [5.74, 6) is -0.394.